The lowest BCUT2D eigenvalue weighted by molar-refractivity contribution is -0.122. The van der Waals surface area contributed by atoms with Gasteiger partial charge in [0.15, 0.2) is 0 Å². The number of amides is 1. The van der Waals surface area contributed by atoms with Crippen molar-refractivity contribution in [2.75, 3.05) is 6.54 Å². The number of benzene rings is 2. The quantitative estimate of drug-likeness (QED) is 0.738. The van der Waals surface area contributed by atoms with Crippen LogP contribution < -0.4 is 10.0 Å². The number of sulfonamides is 1. The van der Waals surface area contributed by atoms with Crippen molar-refractivity contribution in [3.05, 3.63) is 66.2 Å². The molecule has 0 aliphatic heterocycles. The Hall–Kier alpha value is -2.69. The third-order valence-corrected chi connectivity index (χ3v) is 4.78. The van der Waals surface area contributed by atoms with Crippen LogP contribution in [0, 0.1) is 11.3 Å². The van der Waals surface area contributed by atoms with Crippen molar-refractivity contribution in [2.24, 2.45) is 0 Å². The van der Waals surface area contributed by atoms with Crippen molar-refractivity contribution in [1.82, 2.24) is 10.0 Å². The van der Waals surface area contributed by atoms with Gasteiger partial charge in [-0.25, -0.2) is 8.42 Å². The Morgan fingerprint density at radius 3 is 2.21 bits per heavy atom. The molecule has 2 aromatic rings. The summed E-state index contributed by atoms with van der Waals surface area (Å²) in [5, 5.41) is 11.0. The van der Waals surface area contributed by atoms with Crippen LogP contribution in [0.15, 0.2) is 65.6 Å². The zero-order valence-electron chi connectivity index (χ0n) is 12.8. The zero-order valence-corrected chi connectivity index (χ0v) is 13.7. The van der Waals surface area contributed by atoms with Crippen LogP contribution in [-0.4, -0.2) is 26.9 Å². The Bertz CT molecular complexity index is 815. The highest BCUT2D eigenvalue weighted by Crippen LogP contribution is 2.10. The number of carbonyl (C=O) groups is 1. The standard InChI is InChI=1S/C17H17N3O3S/c18-11-12-19-17(21)16(13-14-7-3-1-4-8-14)20-24(22,23)15-9-5-2-6-10-15/h1-10,16,20H,12-13H2,(H,19,21). The molecule has 0 aliphatic rings. The minimum atomic E-state index is -3.84. The highest BCUT2D eigenvalue weighted by atomic mass is 32.2. The van der Waals surface area contributed by atoms with E-state index in [1.54, 1.807) is 36.4 Å². The van der Waals surface area contributed by atoms with Gasteiger partial charge < -0.3 is 5.32 Å². The average molecular weight is 343 g/mol. The number of hydrogen-bond donors (Lipinski definition) is 2. The van der Waals surface area contributed by atoms with Gasteiger partial charge in [-0.05, 0) is 24.1 Å². The summed E-state index contributed by atoms with van der Waals surface area (Å²) >= 11 is 0. The zero-order chi connectivity index (χ0) is 17.4. The van der Waals surface area contributed by atoms with Crippen molar-refractivity contribution in [3.63, 3.8) is 0 Å². The molecule has 1 amide bonds. The molecule has 0 spiro atoms. The second kappa shape index (κ2) is 8.24. The fourth-order valence-electron chi connectivity index (χ4n) is 2.14. The molecule has 6 nitrogen and oxygen atoms in total. The monoisotopic (exact) mass is 343 g/mol. The summed E-state index contributed by atoms with van der Waals surface area (Å²) < 4.78 is 27.3. The van der Waals surface area contributed by atoms with E-state index in [0.717, 1.165) is 5.56 Å². The maximum absolute atomic E-state index is 12.5. The third-order valence-electron chi connectivity index (χ3n) is 3.29. The molecule has 0 fully saturated rings. The van der Waals surface area contributed by atoms with Crippen LogP contribution in [0.4, 0.5) is 0 Å². The normalized spacial score (nSPS) is 12.1. The topological polar surface area (TPSA) is 99.1 Å². The predicted molar refractivity (Wildman–Crippen MR) is 89.3 cm³/mol. The van der Waals surface area contributed by atoms with Crippen molar-refractivity contribution in [2.45, 2.75) is 17.4 Å². The molecule has 0 bridgehead atoms. The average Bonchev–Trinajstić information content (AvgIpc) is 2.60. The summed E-state index contributed by atoms with van der Waals surface area (Å²) in [6, 6.07) is 17.7. The molecule has 2 rings (SSSR count). The van der Waals surface area contributed by atoms with E-state index in [9.17, 15) is 13.2 Å². The smallest absolute Gasteiger partial charge is 0.241 e. The van der Waals surface area contributed by atoms with E-state index < -0.39 is 22.0 Å². The van der Waals surface area contributed by atoms with Gasteiger partial charge in [-0.2, -0.15) is 9.98 Å². The largest absolute Gasteiger partial charge is 0.342 e. The minimum Gasteiger partial charge on any atom is -0.342 e. The van der Waals surface area contributed by atoms with E-state index in [-0.39, 0.29) is 17.9 Å². The molecule has 0 radical (unpaired) electrons. The molecule has 0 saturated carbocycles. The van der Waals surface area contributed by atoms with Gasteiger partial charge in [0.25, 0.3) is 0 Å². The number of nitriles is 1. The van der Waals surface area contributed by atoms with Crippen LogP contribution in [0.2, 0.25) is 0 Å². The van der Waals surface area contributed by atoms with Crippen molar-refractivity contribution < 1.29 is 13.2 Å². The van der Waals surface area contributed by atoms with E-state index in [1.807, 2.05) is 18.2 Å². The first-order chi connectivity index (χ1) is 11.5. The molecule has 0 heterocycles. The van der Waals surface area contributed by atoms with Gasteiger partial charge in [-0.15, -0.1) is 0 Å². The molecule has 1 atom stereocenters. The number of nitrogens with zero attached hydrogens (tertiary/aromatic N) is 1. The Morgan fingerprint density at radius 2 is 1.62 bits per heavy atom. The molecule has 124 valence electrons. The summed E-state index contributed by atoms with van der Waals surface area (Å²) in [5.41, 5.74) is 0.811. The molecule has 7 heteroatoms. The molecule has 2 aromatic carbocycles. The van der Waals surface area contributed by atoms with Gasteiger partial charge in [0.1, 0.15) is 12.6 Å². The van der Waals surface area contributed by atoms with Crippen molar-refractivity contribution in [3.8, 4) is 6.07 Å². The summed E-state index contributed by atoms with van der Waals surface area (Å²) in [7, 11) is -3.84. The first-order valence-electron chi connectivity index (χ1n) is 7.29. The fourth-order valence-corrected chi connectivity index (χ4v) is 3.36. The Balaban J connectivity index is 2.22. The van der Waals surface area contributed by atoms with Crippen LogP contribution in [0.5, 0.6) is 0 Å². The van der Waals surface area contributed by atoms with E-state index in [1.165, 1.54) is 12.1 Å². The van der Waals surface area contributed by atoms with Crippen molar-refractivity contribution >= 4 is 15.9 Å². The number of rotatable bonds is 7. The van der Waals surface area contributed by atoms with Gasteiger partial charge in [0.2, 0.25) is 15.9 Å². The maximum Gasteiger partial charge on any atom is 0.241 e. The summed E-state index contributed by atoms with van der Waals surface area (Å²) in [5.74, 6) is -0.542. The molecule has 0 aromatic heterocycles. The Morgan fingerprint density at radius 1 is 1.04 bits per heavy atom. The first-order valence-corrected chi connectivity index (χ1v) is 8.77. The van der Waals surface area contributed by atoms with Gasteiger partial charge in [0.05, 0.1) is 11.0 Å². The van der Waals surface area contributed by atoms with Crippen LogP contribution in [0.3, 0.4) is 0 Å². The second-order valence-corrected chi connectivity index (χ2v) is 6.77. The third kappa shape index (κ3) is 4.91. The molecule has 0 aliphatic carbocycles. The molecular formula is C17H17N3O3S. The van der Waals surface area contributed by atoms with Gasteiger partial charge >= 0.3 is 0 Å². The molecule has 1 unspecified atom stereocenters. The van der Waals surface area contributed by atoms with Crippen LogP contribution >= 0.6 is 0 Å². The van der Waals surface area contributed by atoms with E-state index in [0.29, 0.717) is 0 Å². The van der Waals surface area contributed by atoms with Gasteiger partial charge in [0, 0.05) is 0 Å². The lowest BCUT2D eigenvalue weighted by Crippen LogP contribution is -2.48. The van der Waals surface area contributed by atoms with E-state index in [2.05, 4.69) is 10.0 Å². The summed E-state index contributed by atoms with van der Waals surface area (Å²) in [6.07, 6.45) is 0.185. The van der Waals surface area contributed by atoms with E-state index in [4.69, 9.17) is 5.26 Å². The van der Waals surface area contributed by atoms with E-state index >= 15 is 0 Å². The molecule has 24 heavy (non-hydrogen) atoms. The Labute approximate surface area is 141 Å². The lowest BCUT2D eigenvalue weighted by Gasteiger charge is -2.18. The summed E-state index contributed by atoms with van der Waals surface area (Å²) in [6.45, 7) is -0.183. The molecule has 0 saturated heterocycles. The number of hydrogen-bond acceptors (Lipinski definition) is 4. The predicted octanol–water partition coefficient (Wildman–Crippen LogP) is 1.22. The minimum absolute atomic E-state index is 0.0798. The van der Waals surface area contributed by atoms with Gasteiger partial charge in [-0.1, -0.05) is 48.5 Å². The lowest BCUT2D eigenvalue weighted by atomic mass is 10.1. The molecule has 2 N–H and O–H groups in total. The SMILES string of the molecule is N#CCNC(=O)C(Cc1ccccc1)NS(=O)(=O)c1ccccc1. The Kier molecular flexibility index (Phi) is 6.07. The summed E-state index contributed by atoms with van der Waals surface area (Å²) in [4.78, 5) is 12.3. The number of nitrogens with one attached hydrogen (secondary N) is 2. The first kappa shape index (κ1) is 17.7. The van der Waals surface area contributed by atoms with Gasteiger partial charge in [-0.3, -0.25) is 4.79 Å². The highest BCUT2D eigenvalue weighted by Gasteiger charge is 2.25. The second-order valence-electron chi connectivity index (χ2n) is 5.05. The van der Waals surface area contributed by atoms with Crippen LogP contribution in [0.1, 0.15) is 5.56 Å². The number of carbonyl (C=O) groups excluding carboxylic acids is 1. The van der Waals surface area contributed by atoms with Crippen LogP contribution in [0.25, 0.3) is 0 Å². The maximum atomic E-state index is 12.5. The molecular weight excluding hydrogens is 326 g/mol. The fraction of sp³-hybridized carbons (Fsp3) is 0.176. The van der Waals surface area contributed by atoms with Crippen LogP contribution in [-0.2, 0) is 21.2 Å². The highest BCUT2D eigenvalue weighted by molar-refractivity contribution is 7.89. The van der Waals surface area contributed by atoms with Crippen molar-refractivity contribution in [1.29, 1.82) is 5.26 Å².